The van der Waals surface area contributed by atoms with Gasteiger partial charge in [-0.3, -0.25) is 0 Å². The van der Waals surface area contributed by atoms with Gasteiger partial charge in [-0.2, -0.15) is 0 Å². The first-order valence-corrected chi connectivity index (χ1v) is 9.45. The Kier molecular flexibility index (Phi) is 4.80. The van der Waals surface area contributed by atoms with Crippen LogP contribution in [0.2, 0.25) is 0 Å². The van der Waals surface area contributed by atoms with E-state index in [1.165, 1.54) is 16.9 Å². The van der Waals surface area contributed by atoms with Crippen molar-refractivity contribution < 1.29 is 0 Å². The standard InChI is InChI=1S/C21H27N5/c1-3-25-10-4-5-17-16-22-21(15-20(17)25)23-18-6-8-19(9-7-18)26-13-11-24(2)12-14-26/h4-9,15-16H,3,10-14H2,1-2H3,(H,22,23). The number of rotatable bonds is 4. The fourth-order valence-electron chi connectivity index (χ4n) is 3.60. The summed E-state index contributed by atoms with van der Waals surface area (Å²) in [4.78, 5) is 11.8. The van der Waals surface area contributed by atoms with Gasteiger partial charge < -0.3 is 20.0 Å². The van der Waals surface area contributed by atoms with E-state index in [0.717, 1.165) is 50.8 Å². The summed E-state index contributed by atoms with van der Waals surface area (Å²) < 4.78 is 0. The fourth-order valence-corrected chi connectivity index (χ4v) is 3.60. The molecule has 0 spiro atoms. The van der Waals surface area contributed by atoms with Crippen molar-refractivity contribution in [2.24, 2.45) is 0 Å². The summed E-state index contributed by atoms with van der Waals surface area (Å²) in [6.45, 7) is 8.59. The van der Waals surface area contributed by atoms with Crippen molar-refractivity contribution in [1.29, 1.82) is 0 Å². The second kappa shape index (κ2) is 7.38. The Hall–Kier alpha value is -2.53. The number of likely N-dealkylation sites (N-methyl/N-ethyl adjacent to an activating group) is 2. The van der Waals surface area contributed by atoms with E-state index in [1.54, 1.807) is 0 Å². The second-order valence-corrected chi connectivity index (χ2v) is 7.03. The number of fused-ring (bicyclic) bond motifs is 1. The summed E-state index contributed by atoms with van der Waals surface area (Å²) in [5.41, 5.74) is 4.81. The zero-order valence-electron chi connectivity index (χ0n) is 15.7. The number of piperazine rings is 1. The molecule has 2 aliphatic heterocycles. The average Bonchev–Trinajstić information content (AvgIpc) is 2.69. The molecule has 4 rings (SSSR count). The van der Waals surface area contributed by atoms with Crippen LogP contribution in [0.15, 0.2) is 42.6 Å². The Morgan fingerprint density at radius 3 is 2.58 bits per heavy atom. The Balaban J connectivity index is 1.47. The van der Waals surface area contributed by atoms with Crippen LogP contribution >= 0.6 is 0 Å². The molecular formula is C21H27N5. The number of pyridine rings is 1. The number of benzene rings is 1. The van der Waals surface area contributed by atoms with E-state index in [-0.39, 0.29) is 0 Å². The third-order valence-corrected chi connectivity index (χ3v) is 5.27. The molecule has 3 heterocycles. The van der Waals surface area contributed by atoms with E-state index in [4.69, 9.17) is 0 Å². The highest BCUT2D eigenvalue weighted by atomic mass is 15.2. The molecule has 136 valence electrons. The first-order valence-electron chi connectivity index (χ1n) is 9.45. The van der Waals surface area contributed by atoms with Gasteiger partial charge in [-0.1, -0.05) is 12.2 Å². The molecule has 1 aromatic heterocycles. The van der Waals surface area contributed by atoms with Gasteiger partial charge in [-0.25, -0.2) is 4.98 Å². The van der Waals surface area contributed by atoms with Crippen LogP contribution in [0.1, 0.15) is 12.5 Å². The van der Waals surface area contributed by atoms with Crippen LogP contribution in [-0.4, -0.2) is 56.2 Å². The minimum absolute atomic E-state index is 0.893. The summed E-state index contributed by atoms with van der Waals surface area (Å²) in [6, 6.07) is 10.8. The molecule has 1 N–H and O–H groups in total. The number of aromatic nitrogens is 1. The maximum atomic E-state index is 4.57. The highest BCUT2D eigenvalue weighted by molar-refractivity contribution is 5.74. The van der Waals surface area contributed by atoms with Gasteiger partial charge in [0.15, 0.2) is 0 Å². The first kappa shape index (κ1) is 16.9. The molecule has 0 aliphatic carbocycles. The monoisotopic (exact) mass is 349 g/mol. The van der Waals surface area contributed by atoms with Crippen molar-refractivity contribution in [2.75, 3.05) is 61.4 Å². The highest BCUT2D eigenvalue weighted by Crippen LogP contribution is 2.29. The predicted octanol–water partition coefficient (Wildman–Crippen LogP) is 3.43. The molecule has 5 heteroatoms. The van der Waals surface area contributed by atoms with Crippen LogP contribution in [0.25, 0.3) is 6.08 Å². The summed E-state index contributed by atoms with van der Waals surface area (Å²) >= 11 is 0. The van der Waals surface area contributed by atoms with E-state index in [0.29, 0.717) is 0 Å². The van der Waals surface area contributed by atoms with E-state index < -0.39 is 0 Å². The largest absolute Gasteiger partial charge is 0.369 e. The maximum Gasteiger partial charge on any atom is 0.132 e. The van der Waals surface area contributed by atoms with Crippen molar-refractivity contribution >= 4 is 29.0 Å². The summed E-state index contributed by atoms with van der Waals surface area (Å²) in [5.74, 6) is 0.893. The van der Waals surface area contributed by atoms with E-state index in [1.807, 2.05) is 6.20 Å². The number of nitrogens with one attached hydrogen (secondary N) is 1. The Morgan fingerprint density at radius 2 is 1.85 bits per heavy atom. The van der Waals surface area contributed by atoms with E-state index in [2.05, 4.69) is 81.5 Å². The molecular weight excluding hydrogens is 322 g/mol. The van der Waals surface area contributed by atoms with Crippen LogP contribution in [0.5, 0.6) is 0 Å². The molecule has 0 unspecified atom stereocenters. The number of hydrogen-bond donors (Lipinski definition) is 1. The van der Waals surface area contributed by atoms with Gasteiger partial charge in [0.1, 0.15) is 5.82 Å². The quantitative estimate of drug-likeness (QED) is 0.915. The minimum atomic E-state index is 0.893. The maximum absolute atomic E-state index is 4.57. The number of anilines is 4. The van der Waals surface area contributed by atoms with Crippen LogP contribution in [0, 0.1) is 0 Å². The zero-order valence-corrected chi connectivity index (χ0v) is 15.7. The van der Waals surface area contributed by atoms with Gasteiger partial charge in [-0.05, 0) is 38.2 Å². The third-order valence-electron chi connectivity index (χ3n) is 5.27. The highest BCUT2D eigenvalue weighted by Gasteiger charge is 2.15. The molecule has 0 amide bonds. The molecule has 0 bridgehead atoms. The topological polar surface area (TPSA) is 34.6 Å². The molecule has 0 radical (unpaired) electrons. The number of nitrogens with zero attached hydrogens (tertiary/aromatic N) is 4. The van der Waals surface area contributed by atoms with Gasteiger partial charge in [0.25, 0.3) is 0 Å². The summed E-state index contributed by atoms with van der Waals surface area (Å²) in [7, 11) is 2.19. The lowest BCUT2D eigenvalue weighted by Gasteiger charge is -2.34. The molecule has 5 nitrogen and oxygen atoms in total. The second-order valence-electron chi connectivity index (χ2n) is 7.03. The fraction of sp³-hybridized carbons (Fsp3) is 0.381. The lowest BCUT2D eigenvalue weighted by atomic mass is 10.1. The Morgan fingerprint density at radius 1 is 1.08 bits per heavy atom. The van der Waals surface area contributed by atoms with Crippen molar-refractivity contribution in [1.82, 2.24) is 9.88 Å². The summed E-state index contributed by atoms with van der Waals surface area (Å²) in [5, 5.41) is 3.45. The van der Waals surface area contributed by atoms with Crippen LogP contribution in [-0.2, 0) is 0 Å². The van der Waals surface area contributed by atoms with Crippen LogP contribution < -0.4 is 15.1 Å². The van der Waals surface area contributed by atoms with Gasteiger partial charge >= 0.3 is 0 Å². The first-order chi connectivity index (χ1) is 12.7. The molecule has 1 aromatic carbocycles. The van der Waals surface area contributed by atoms with E-state index in [9.17, 15) is 0 Å². The molecule has 26 heavy (non-hydrogen) atoms. The van der Waals surface area contributed by atoms with Gasteiger partial charge in [0, 0.05) is 74.2 Å². The van der Waals surface area contributed by atoms with E-state index >= 15 is 0 Å². The van der Waals surface area contributed by atoms with Gasteiger partial charge in [0.05, 0.1) is 0 Å². The zero-order chi connectivity index (χ0) is 17.9. The van der Waals surface area contributed by atoms with Gasteiger partial charge in [0.2, 0.25) is 0 Å². The van der Waals surface area contributed by atoms with Crippen molar-refractivity contribution in [3.63, 3.8) is 0 Å². The average molecular weight is 349 g/mol. The normalized spacial score (nSPS) is 17.3. The molecule has 0 saturated carbocycles. The SMILES string of the molecule is CCN1CC=Cc2cnc(Nc3ccc(N4CCN(C)CC4)cc3)cc21. The van der Waals surface area contributed by atoms with Crippen molar-refractivity contribution in [3.8, 4) is 0 Å². The Bertz CT molecular complexity index is 775. The number of hydrogen-bond acceptors (Lipinski definition) is 5. The van der Waals surface area contributed by atoms with Crippen LogP contribution in [0.4, 0.5) is 22.9 Å². The van der Waals surface area contributed by atoms with Crippen molar-refractivity contribution in [3.05, 3.63) is 48.2 Å². The minimum Gasteiger partial charge on any atom is -0.369 e. The predicted molar refractivity (Wildman–Crippen MR) is 111 cm³/mol. The lowest BCUT2D eigenvalue weighted by molar-refractivity contribution is 0.313. The molecule has 1 fully saturated rings. The Labute approximate surface area is 155 Å². The van der Waals surface area contributed by atoms with Crippen LogP contribution in [0.3, 0.4) is 0 Å². The molecule has 2 aromatic rings. The molecule has 0 atom stereocenters. The third kappa shape index (κ3) is 3.53. The lowest BCUT2D eigenvalue weighted by Crippen LogP contribution is -2.44. The smallest absolute Gasteiger partial charge is 0.132 e. The molecule has 1 saturated heterocycles. The molecule has 2 aliphatic rings. The van der Waals surface area contributed by atoms with Crippen molar-refractivity contribution in [2.45, 2.75) is 6.92 Å². The van der Waals surface area contributed by atoms with Gasteiger partial charge in [-0.15, -0.1) is 0 Å². The summed E-state index contributed by atoms with van der Waals surface area (Å²) in [6.07, 6.45) is 6.30.